The van der Waals surface area contributed by atoms with Crippen LogP contribution in [-0.2, 0) is 15.8 Å². The molecule has 2 atom stereocenters. The second-order valence-electron chi connectivity index (χ2n) is 1.72. The number of amides is 1. The van der Waals surface area contributed by atoms with E-state index in [1.165, 1.54) is 6.26 Å². The van der Waals surface area contributed by atoms with Crippen LogP contribution in [-0.4, -0.2) is 34.1 Å². The Morgan fingerprint density at radius 2 is 2.40 bits per heavy atom. The lowest BCUT2D eigenvalue weighted by Gasteiger charge is -2.04. The van der Waals surface area contributed by atoms with Gasteiger partial charge in [0.2, 0.25) is 5.91 Å². The number of hydrogen-bond donors (Lipinski definition) is 3. The Labute approximate surface area is 61.2 Å². The molecular weight excluding hydrogens is 156 g/mol. The van der Waals surface area contributed by atoms with Crippen LogP contribution in [0.15, 0.2) is 0 Å². The van der Waals surface area contributed by atoms with E-state index in [2.05, 4.69) is 4.72 Å². The monoisotopic (exact) mass is 166 g/mol. The number of nitrogens with one attached hydrogen (secondary N) is 1. The molecule has 1 amide bonds. The van der Waals surface area contributed by atoms with Gasteiger partial charge >= 0.3 is 0 Å². The molecule has 0 bridgehead atoms. The normalized spacial score (nSPS) is 16.2. The summed E-state index contributed by atoms with van der Waals surface area (Å²) in [4.78, 5) is 10.1. The fourth-order valence-electron chi connectivity index (χ4n) is 0.297. The molecule has 0 aliphatic rings. The first kappa shape index (κ1) is 9.54. The van der Waals surface area contributed by atoms with E-state index in [1.807, 2.05) is 0 Å². The second-order valence-corrected chi connectivity index (χ2v) is 2.92. The van der Waals surface area contributed by atoms with Gasteiger partial charge in [-0.2, -0.15) is 0 Å². The molecule has 6 heteroatoms. The summed E-state index contributed by atoms with van der Waals surface area (Å²) in [6.45, 7) is -0.0710. The molecule has 0 aromatic rings. The molecule has 0 aromatic carbocycles. The molecule has 0 rings (SSSR count). The van der Waals surface area contributed by atoms with Crippen molar-refractivity contribution in [3.8, 4) is 0 Å². The van der Waals surface area contributed by atoms with Crippen molar-refractivity contribution in [3.05, 3.63) is 0 Å². The maximum absolute atomic E-state index is 10.3. The average molecular weight is 166 g/mol. The van der Waals surface area contributed by atoms with Crippen LogP contribution in [0.4, 0.5) is 0 Å². The molecule has 5 nitrogen and oxygen atoms in total. The molecule has 0 fully saturated rings. The third kappa shape index (κ3) is 4.42. The predicted molar refractivity (Wildman–Crippen MR) is 37.3 cm³/mol. The van der Waals surface area contributed by atoms with Gasteiger partial charge in [-0.25, -0.2) is 8.93 Å². The van der Waals surface area contributed by atoms with E-state index in [1.54, 1.807) is 0 Å². The second kappa shape index (κ2) is 4.37. The highest BCUT2D eigenvalue weighted by atomic mass is 32.2. The lowest BCUT2D eigenvalue weighted by molar-refractivity contribution is -0.125. The Kier molecular flexibility index (Phi) is 4.17. The summed E-state index contributed by atoms with van der Waals surface area (Å²) in [5, 5.41) is 8.70. The Morgan fingerprint density at radius 1 is 1.90 bits per heavy atom. The van der Waals surface area contributed by atoms with Gasteiger partial charge in [0.15, 0.2) is 0 Å². The lowest BCUT2D eigenvalue weighted by Crippen LogP contribution is -2.37. The minimum Gasteiger partial charge on any atom is -0.382 e. The van der Waals surface area contributed by atoms with Gasteiger partial charge in [0.05, 0.1) is 11.0 Å². The van der Waals surface area contributed by atoms with Crippen molar-refractivity contribution in [2.75, 3.05) is 12.8 Å². The molecule has 0 spiro atoms. The average Bonchev–Trinajstić information content (AvgIpc) is 1.82. The lowest BCUT2D eigenvalue weighted by atomic mass is 10.3. The van der Waals surface area contributed by atoms with Gasteiger partial charge in [0, 0.05) is 12.8 Å². The minimum absolute atomic E-state index is 0.0710. The van der Waals surface area contributed by atoms with Gasteiger partial charge in [-0.15, -0.1) is 0 Å². The summed E-state index contributed by atoms with van der Waals surface area (Å²) in [6, 6.07) is 0. The summed E-state index contributed by atoms with van der Waals surface area (Å²) in [7, 11) is -1.22. The molecule has 0 aliphatic carbocycles. The number of primary amides is 1. The quantitative estimate of drug-likeness (QED) is 0.439. The molecule has 10 heavy (non-hydrogen) atoms. The molecule has 0 radical (unpaired) electrons. The third-order valence-corrected chi connectivity index (χ3v) is 1.38. The van der Waals surface area contributed by atoms with E-state index in [0.717, 1.165) is 0 Å². The van der Waals surface area contributed by atoms with E-state index in [0.29, 0.717) is 0 Å². The van der Waals surface area contributed by atoms with Crippen LogP contribution >= 0.6 is 0 Å². The van der Waals surface area contributed by atoms with Crippen LogP contribution in [0, 0.1) is 0 Å². The molecule has 0 aliphatic heterocycles. The van der Waals surface area contributed by atoms with E-state index in [-0.39, 0.29) is 6.54 Å². The largest absolute Gasteiger partial charge is 0.382 e. The first-order chi connectivity index (χ1) is 4.54. The number of carbonyl (C=O) groups is 1. The van der Waals surface area contributed by atoms with Crippen LogP contribution in [0.5, 0.6) is 0 Å². The molecule has 0 heterocycles. The Bertz CT molecular complexity index is 149. The Balaban J connectivity index is 3.49. The van der Waals surface area contributed by atoms with E-state index in [4.69, 9.17) is 10.8 Å². The molecule has 0 saturated heterocycles. The van der Waals surface area contributed by atoms with Gasteiger partial charge in [-0.1, -0.05) is 0 Å². The standard InChI is InChI=1S/C4H10N2O3S/c1-10(9)6-2-3(7)4(5)8/h3,6-7H,2H2,1H3,(H2,5,8). The van der Waals surface area contributed by atoms with Crippen molar-refractivity contribution >= 4 is 16.9 Å². The van der Waals surface area contributed by atoms with Crippen LogP contribution < -0.4 is 10.5 Å². The highest BCUT2D eigenvalue weighted by Crippen LogP contribution is 1.77. The van der Waals surface area contributed by atoms with E-state index in [9.17, 15) is 9.00 Å². The molecule has 0 saturated carbocycles. The number of aliphatic hydroxyl groups excluding tert-OH is 1. The molecule has 2 unspecified atom stereocenters. The SMILES string of the molecule is CS(=O)NCC(O)C(N)=O. The number of rotatable bonds is 4. The van der Waals surface area contributed by atoms with Gasteiger partial charge in [-0.3, -0.25) is 4.79 Å². The van der Waals surface area contributed by atoms with Gasteiger partial charge in [0.1, 0.15) is 6.10 Å². The predicted octanol–water partition coefficient (Wildman–Crippen LogP) is -2.28. The fraction of sp³-hybridized carbons (Fsp3) is 0.750. The van der Waals surface area contributed by atoms with Crippen LogP contribution in [0.2, 0.25) is 0 Å². The van der Waals surface area contributed by atoms with Crippen molar-refractivity contribution in [3.63, 3.8) is 0 Å². The first-order valence-electron chi connectivity index (χ1n) is 2.58. The zero-order valence-electron chi connectivity index (χ0n) is 5.53. The van der Waals surface area contributed by atoms with Crippen molar-refractivity contribution in [2.24, 2.45) is 5.73 Å². The van der Waals surface area contributed by atoms with Crippen molar-refractivity contribution in [2.45, 2.75) is 6.10 Å². The third-order valence-electron chi connectivity index (χ3n) is 0.808. The summed E-state index contributed by atoms with van der Waals surface area (Å²) in [5.41, 5.74) is 4.69. The number of nitrogens with two attached hydrogens (primary N) is 1. The Hall–Kier alpha value is -0.460. The van der Waals surface area contributed by atoms with Crippen molar-refractivity contribution < 1.29 is 14.1 Å². The van der Waals surface area contributed by atoms with Gasteiger partial charge in [0.25, 0.3) is 0 Å². The number of aliphatic hydroxyl groups is 1. The topological polar surface area (TPSA) is 92.4 Å². The highest BCUT2D eigenvalue weighted by Gasteiger charge is 2.09. The Morgan fingerprint density at radius 3 is 2.70 bits per heavy atom. The minimum atomic E-state index is -1.26. The van der Waals surface area contributed by atoms with Crippen LogP contribution in [0.3, 0.4) is 0 Å². The van der Waals surface area contributed by atoms with Gasteiger partial charge < -0.3 is 10.8 Å². The molecule has 4 N–H and O–H groups in total. The van der Waals surface area contributed by atoms with Gasteiger partial charge in [-0.05, 0) is 0 Å². The summed E-state index contributed by atoms with van der Waals surface area (Å²) >= 11 is 0. The summed E-state index contributed by atoms with van der Waals surface area (Å²) in [6.07, 6.45) is 0.136. The van der Waals surface area contributed by atoms with E-state index < -0.39 is 23.0 Å². The molecular formula is C4H10N2O3S. The van der Waals surface area contributed by atoms with Crippen LogP contribution in [0.1, 0.15) is 0 Å². The highest BCUT2D eigenvalue weighted by molar-refractivity contribution is 7.82. The van der Waals surface area contributed by atoms with Crippen molar-refractivity contribution in [1.29, 1.82) is 0 Å². The summed E-state index contributed by atoms with van der Waals surface area (Å²) < 4.78 is 12.7. The fourth-order valence-corrected chi connectivity index (χ4v) is 0.689. The van der Waals surface area contributed by atoms with Crippen LogP contribution in [0.25, 0.3) is 0 Å². The zero-order valence-corrected chi connectivity index (χ0v) is 6.35. The maximum Gasteiger partial charge on any atom is 0.247 e. The summed E-state index contributed by atoms with van der Waals surface area (Å²) in [5.74, 6) is -0.821. The molecule has 60 valence electrons. The number of hydrogen-bond acceptors (Lipinski definition) is 3. The molecule has 0 aromatic heterocycles. The van der Waals surface area contributed by atoms with E-state index >= 15 is 0 Å². The maximum atomic E-state index is 10.3. The number of carbonyl (C=O) groups excluding carboxylic acids is 1. The first-order valence-corrected chi connectivity index (χ1v) is 4.14. The van der Waals surface area contributed by atoms with Crippen molar-refractivity contribution in [1.82, 2.24) is 4.72 Å². The zero-order chi connectivity index (χ0) is 8.15. The smallest absolute Gasteiger partial charge is 0.247 e.